The van der Waals surface area contributed by atoms with Crippen LogP contribution < -0.4 is 4.90 Å². The van der Waals surface area contributed by atoms with Crippen molar-refractivity contribution in [1.29, 1.82) is 0 Å². The van der Waals surface area contributed by atoms with Crippen LogP contribution in [-0.2, 0) is 34.2 Å². The van der Waals surface area contributed by atoms with E-state index in [-0.39, 0.29) is 23.1 Å². The first-order valence-electron chi connectivity index (χ1n) is 12.6. The summed E-state index contributed by atoms with van der Waals surface area (Å²) in [6.45, 7) is 10.4. The van der Waals surface area contributed by atoms with Gasteiger partial charge in [0, 0.05) is 12.6 Å². The summed E-state index contributed by atoms with van der Waals surface area (Å²) < 4.78 is 17.9. The third-order valence-corrected chi connectivity index (χ3v) is 6.40. The Balaban J connectivity index is 1.99. The van der Waals surface area contributed by atoms with E-state index in [1.807, 2.05) is 0 Å². The number of hydrogen-bond acceptors (Lipinski definition) is 7. The largest absolute Gasteiger partial charge is 0.456 e. The van der Waals surface area contributed by atoms with Crippen LogP contribution in [0, 0.1) is 0 Å². The van der Waals surface area contributed by atoms with Crippen LogP contribution in [0.5, 0.6) is 0 Å². The Labute approximate surface area is 212 Å². The molecular formula is C28H36N2O6. The number of esters is 2. The van der Waals surface area contributed by atoms with E-state index in [4.69, 9.17) is 19.2 Å². The van der Waals surface area contributed by atoms with Crippen LogP contribution in [-0.4, -0.2) is 48.0 Å². The fourth-order valence-electron chi connectivity index (χ4n) is 4.96. The molecule has 1 aliphatic carbocycles. The maximum Gasteiger partial charge on any atom is 0.344 e. The summed E-state index contributed by atoms with van der Waals surface area (Å²) in [6.07, 6.45) is 4.84. The van der Waals surface area contributed by atoms with Crippen LogP contribution in [0.2, 0.25) is 0 Å². The Morgan fingerprint density at radius 1 is 0.972 bits per heavy atom. The second kappa shape index (κ2) is 9.05. The first-order chi connectivity index (χ1) is 16.7. The fraction of sp³-hybridized carbons (Fsp3) is 0.571. The van der Waals surface area contributed by atoms with Gasteiger partial charge in [-0.2, -0.15) is 0 Å². The Morgan fingerprint density at radius 2 is 1.56 bits per heavy atom. The average Bonchev–Trinajstić information content (AvgIpc) is 3.21. The monoisotopic (exact) mass is 496 g/mol. The zero-order chi connectivity index (χ0) is 26.5. The zero-order valence-electron chi connectivity index (χ0n) is 22.3. The number of para-hydroxylation sites is 1. The molecule has 0 saturated heterocycles. The standard InChI is InChI=1S/C28H36N2O6/c1-26(2,3)35-23(31)20-21(24(32)36-27(4,5)6)28(34-22(20)29-17-13-9-8-10-14-17)18-15-11-12-16-19(18)30(7)25(28)33/h11-12,15-17H,8-10,13-14H2,1-7H3. The SMILES string of the molecule is CN1C(=O)C2(OC(=NC3CCCCC3)C(C(=O)OC(C)(C)C)=C2C(=O)OC(C)(C)C)c2ccccc21. The summed E-state index contributed by atoms with van der Waals surface area (Å²) in [7, 11) is 1.62. The van der Waals surface area contributed by atoms with E-state index in [9.17, 15) is 14.4 Å². The maximum atomic E-state index is 13.9. The highest BCUT2D eigenvalue weighted by Gasteiger charge is 2.64. The number of hydrogen-bond donors (Lipinski definition) is 0. The van der Waals surface area contributed by atoms with Crippen LogP contribution in [0.4, 0.5) is 5.69 Å². The number of benzene rings is 1. The van der Waals surface area contributed by atoms with Gasteiger partial charge in [0.15, 0.2) is 0 Å². The molecule has 8 nitrogen and oxygen atoms in total. The maximum absolute atomic E-state index is 13.9. The van der Waals surface area contributed by atoms with Gasteiger partial charge in [-0.1, -0.05) is 37.5 Å². The Morgan fingerprint density at radius 3 is 2.17 bits per heavy atom. The molecule has 36 heavy (non-hydrogen) atoms. The number of ether oxygens (including phenoxy) is 3. The lowest BCUT2D eigenvalue weighted by atomic mass is 9.85. The van der Waals surface area contributed by atoms with Gasteiger partial charge in [-0.15, -0.1) is 0 Å². The van der Waals surface area contributed by atoms with Crippen molar-refractivity contribution in [2.24, 2.45) is 4.99 Å². The smallest absolute Gasteiger partial charge is 0.344 e. The minimum absolute atomic E-state index is 0.0320. The molecule has 1 unspecified atom stereocenters. The molecule has 1 saturated carbocycles. The van der Waals surface area contributed by atoms with Crippen molar-refractivity contribution >= 4 is 29.4 Å². The molecule has 0 N–H and O–H groups in total. The van der Waals surface area contributed by atoms with Gasteiger partial charge < -0.3 is 19.1 Å². The third-order valence-electron chi connectivity index (χ3n) is 6.40. The number of likely N-dealkylation sites (N-methyl/N-ethyl adjacent to an activating group) is 1. The zero-order valence-corrected chi connectivity index (χ0v) is 22.3. The molecule has 3 aliphatic rings. The number of amides is 1. The quantitative estimate of drug-likeness (QED) is 0.568. The molecule has 0 radical (unpaired) electrons. The van der Waals surface area contributed by atoms with Gasteiger partial charge in [0.1, 0.15) is 22.3 Å². The lowest BCUT2D eigenvalue weighted by Gasteiger charge is -2.27. The second-order valence-corrected chi connectivity index (χ2v) is 11.6. The van der Waals surface area contributed by atoms with Crippen molar-refractivity contribution in [3.8, 4) is 0 Å². The van der Waals surface area contributed by atoms with E-state index in [0.29, 0.717) is 11.3 Å². The fourth-order valence-corrected chi connectivity index (χ4v) is 4.96. The minimum atomic E-state index is -1.88. The molecule has 2 aliphatic heterocycles. The summed E-state index contributed by atoms with van der Waals surface area (Å²) >= 11 is 0. The topological polar surface area (TPSA) is 94.5 Å². The second-order valence-electron chi connectivity index (χ2n) is 11.6. The van der Waals surface area contributed by atoms with E-state index in [0.717, 1.165) is 32.1 Å². The molecular weight excluding hydrogens is 460 g/mol. The Bertz CT molecular complexity index is 1150. The van der Waals surface area contributed by atoms with Crippen LogP contribution in [0.25, 0.3) is 0 Å². The van der Waals surface area contributed by atoms with E-state index in [2.05, 4.69) is 0 Å². The van der Waals surface area contributed by atoms with Gasteiger partial charge in [-0.25, -0.2) is 14.6 Å². The number of nitrogens with zero attached hydrogens (tertiary/aromatic N) is 2. The number of rotatable bonds is 3. The predicted octanol–water partition coefficient (Wildman–Crippen LogP) is 4.60. The van der Waals surface area contributed by atoms with Gasteiger partial charge >= 0.3 is 11.9 Å². The first-order valence-corrected chi connectivity index (χ1v) is 12.6. The van der Waals surface area contributed by atoms with Gasteiger partial charge in [-0.3, -0.25) is 4.79 Å². The van der Waals surface area contributed by atoms with Crippen molar-refractivity contribution in [2.75, 3.05) is 11.9 Å². The summed E-state index contributed by atoms with van der Waals surface area (Å²) in [5.74, 6) is -2.10. The molecule has 1 amide bonds. The summed E-state index contributed by atoms with van der Waals surface area (Å²) in [5, 5.41) is 0. The molecule has 4 rings (SSSR count). The highest BCUT2D eigenvalue weighted by atomic mass is 16.6. The summed E-state index contributed by atoms with van der Waals surface area (Å²) in [6, 6.07) is 7.01. The van der Waals surface area contributed by atoms with Crippen molar-refractivity contribution < 1.29 is 28.6 Å². The Kier molecular flexibility index (Phi) is 6.52. The van der Waals surface area contributed by atoms with Gasteiger partial charge in [0.05, 0.1) is 11.7 Å². The minimum Gasteiger partial charge on any atom is -0.456 e. The molecule has 1 aromatic carbocycles. The molecule has 194 valence electrons. The highest BCUT2D eigenvalue weighted by Crippen LogP contribution is 2.52. The van der Waals surface area contributed by atoms with Crippen molar-refractivity contribution in [3.05, 3.63) is 41.0 Å². The first kappa shape index (κ1) is 25.9. The van der Waals surface area contributed by atoms with Crippen LogP contribution >= 0.6 is 0 Å². The van der Waals surface area contributed by atoms with Crippen molar-refractivity contribution in [2.45, 2.75) is 96.5 Å². The van der Waals surface area contributed by atoms with Crippen molar-refractivity contribution in [1.82, 2.24) is 0 Å². The molecule has 1 spiro atoms. The number of aliphatic imine (C=N–C) groups is 1. The molecule has 0 bridgehead atoms. The molecule has 0 aromatic heterocycles. The van der Waals surface area contributed by atoms with Crippen LogP contribution in [0.3, 0.4) is 0 Å². The molecule has 1 aromatic rings. The molecule has 2 heterocycles. The van der Waals surface area contributed by atoms with Gasteiger partial charge in [0.2, 0.25) is 11.5 Å². The van der Waals surface area contributed by atoms with Crippen LogP contribution in [0.15, 0.2) is 40.4 Å². The Hall–Kier alpha value is -3.16. The highest BCUT2D eigenvalue weighted by molar-refractivity contribution is 6.29. The van der Waals surface area contributed by atoms with Gasteiger partial charge in [0.25, 0.3) is 5.91 Å². The van der Waals surface area contributed by atoms with Gasteiger partial charge in [-0.05, 0) is 60.5 Å². The molecule has 1 atom stereocenters. The van der Waals surface area contributed by atoms with E-state index >= 15 is 0 Å². The average molecular weight is 497 g/mol. The molecule has 1 fully saturated rings. The predicted molar refractivity (Wildman–Crippen MR) is 136 cm³/mol. The number of anilines is 1. The van der Waals surface area contributed by atoms with Crippen LogP contribution in [0.1, 0.15) is 79.2 Å². The number of fused-ring (bicyclic) bond motifs is 2. The normalized spacial score (nSPS) is 23.8. The number of carbonyl (C=O) groups is 3. The van der Waals surface area contributed by atoms with E-state index in [1.165, 1.54) is 4.90 Å². The lowest BCUT2D eigenvalue weighted by Crippen LogP contribution is -2.44. The third kappa shape index (κ3) is 4.65. The number of carbonyl (C=O) groups excluding carboxylic acids is 3. The summed E-state index contributed by atoms with van der Waals surface area (Å²) in [5.41, 5.74) is -2.86. The van der Waals surface area contributed by atoms with E-state index < -0.39 is 34.6 Å². The summed E-state index contributed by atoms with van der Waals surface area (Å²) in [4.78, 5) is 47.6. The molecule has 8 heteroatoms. The lowest BCUT2D eigenvalue weighted by molar-refractivity contribution is -0.155. The van der Waals surface area contributed by atoms with E-state index in [1.54, 1.807) is 72.9 Å². The van der Waals surface area contributed by atoms with Crippen molar-refractivity contribution in [3.63, 3.8) is 0 Å².